The molecule has 0 saturated carbocycles. The van der Waals surface area contributed by atoms with Crippen LogP contribution in [0.25, 0.3) is 0 Å². The first-order chi connectivity index (χ1) is 5.61. The Kier molecular flexibility index (Phi) is 3.09. The van der Waals surface area contributed by atoms with Crippen molar-refractivity contribution in [3.8, 4) is 0 Å². The molecule has 2 nitrogen and oxygen atoms in total. The van der Waals surface area contributed by atoms with E-state index in [4.69, 9.17) is 11.6 Å². The van der Waals surface area contributed by atoms with Crippen LogP contribution in [0.1, 0.15) is 18.6 Å². The highest BCUT2D eigenvalue weighted by Gasteiger charge is 2.14. The third-order valence-electron chi connectivity index (χ3n) is 1.75. The van der Waals surface area contributed by atoms with E-state index < -0.39 is 6.10 Å². The van der Waals surface area contributed by atoms with Crippen LogP contribution in [0.5, 0.6) is 0 Å². The molecule has 3 heteroatoms. The average Bonchev–Trinajstić information content (AvgIpc) is 2.04. The normalized spacial score (nSPS) is 15.7. The van der Waals surface area contributed by atoms with E-state index in [0.29, 0.717) is 5.02 Å². The van der Waals surface area contributed by atoms with Gasteiger partial charge in [0.1, 0.15) is 12.1 Å². The number of rotatable bonds is 2. The Morgan fingerprint density at radius 2 is 1.83 bits per heavy atom. The van der Waals surface area contributed by atoms with Crippen molar-refractivity contribution >= 4 is 11.6 Å². The van der Waals surface area contributed by atoms with Crippen molar-refractivity contribution < 1.29 is 10.8 Å². The van der Waals surface area contributed by atoms with Gasteiger partial charge < -0.3 is 10.8 Å². The van der Waals surface area contributed by atoms with E-state index in [0.717, 1.165) is 5.56 Å². The molecule has 0 spiro atoms. The predicted molar refractivity (Wildman–Crippen MR) is 48.8 cm³/mol. The van der Waals surface area contributed by atoms with Gasteiger partial charge in [0.2, 0.25) is 0 Å². The Hall–Kier alpha value is -0.570. The molecule has 12 heavy (non-hydrogen) atoms. The first kappa shape index (κ1) is 9.52. The molecule has 0 aromatic heterocycles. The lowest BCUT2D eigenvalue weighted by molar-refractivity contribution is -0.433. The standard InChI is InChI=1S/C9H12ClNO/c1-6(11)9(12)7-2-4-8(10)5-3-7/h2-6,9,12H,11H2,1H3/p+1/t6-,9+/m1/s1. The highest BCUT2D eigenvalue weighted by molar-refractivity contribution is 6.30. The molecule has 0 aliphatic carbocycles. The van der Waals surface area contributed by atoms with Crippen LogP contribution in [0, 0.1) is 0 Å². The Morgan fingerprint density at radius 1 is 1.33 bits per heavy atom. The van der Waals surface area contributed by atoms with Gasteiger partial charge in [-0.15, -0.1) is 0 Å². The summed E-state index contributed by atoms with van der Waals surface area (Å²) < 4.78 is 0. The fourth-order valence-electron chi connectivity index (χ4n) is 0.988. The number of halogens is 1. The van der Waals surface area contributed by atoms with Crippen LogP contribution in [0.15, 0.2) is 24.3 Å². The molecule has 2 atom stereocenters. The van der Waals surface area contributed by atoms with Crippen molar-refractivity contribution in [1.29, 1.82) is 0 Å². The highest BCUT2D eigenvalue weighted by Crippen LogP contribution is 2.17. The molecular weight excluding hydrogens is 174 g/mol. The van der Waals surface area contributed by atoms with Gasteiger partial charge in [-0.25, -0.2) is 0 Å². The van der Waals surface area contributed by atoms with Crippen LogP contribution in [0.3, 0.4) is 0 Å². The highest BCUT2D eigenvalue weighted by atomic mass is 35.5. The summed E-state index contributed by atoms with van der Waals surface area (Å²) >= 11 is 5.70. The Balaban J connectivity index is 2.82. The maximum absolute atomic E-state index is 9.58. The molecule has 0 aliphatic rings. The third-order valence-corrected chi connectivity index (χ3v) is 2.00. The second-order valence-electron chi connectivity index (χ2n) is 2.97. The summed E-state index contributed by atoms with van der Waals surface area (Å²) in [6.45, 7) is 1.87. The topological polar surface area (TPSA) is 47.9 Å². The van der Waals surface area contributed by atoms with Gasteiger partial charge in [0.05, 0.1) is 0 Å². The zero-order valence-corrected chi connectivity index (χ0v) is 7.75. The summed E-state index contributed by atoms with van der Waals surface area (Å²) in [5, 5.41) is 10.3. The molecule has 0 fully saturated rings. The van der Waals surface area contributed by atoms with Gasteiger partial charge in [0.15, 0.2) is 0 Å². The van der Waals surface area contributed by atoms with E-state index in [1.807, 2.05) is 19.1 Å². The summed E-state index contributed by atoms with van der Waals surface area (Å²) in [6.07, 6.45) is -0.498. The molecule has 4 N–H and O–H groups in total. The summed E-state index contributed by atoms with van der Waals surface area (Å²) in [4.78, 5) is 0. The molecule has 0 amide bonds. The van der Waals surface area contributed by atoms with Crippen LogP contribution in [0.2, 0.25) is 5.02 Å². The van der Waals surface area contributed by atoms with Crippen molar-refractivity contribution in [3.05, 3.63) is 34.9 Å². The summed E-state index contributed by atoms with van der Waals surface area (Å²) in [7, 11) is 0. The molecular formula is C9H13ClNO+. The van der Waals surface area contributed by atoms with Crippen molar-refractivity contribution in [2.45, 2.75) is 19.1 Å². The fourth-order valence-corrected chi connectivity index (χ4v) is 1.11. The second-order valence-corrected chi connectivity index (χ2v) is 3.41. The SMILES string of the molecule is C[C@@H]([NH3+])[C@H](O)c1ccc(Cl)cc1. The minimum absolute atomic E-state index is 0.00817. The van der Waals surface area contributed by atoms with E-state index in [2.05, 4.69) is 5.73 Å². The Bertz CT molecular complexity index is 245. The van der Waals surface area contributed by atoms with Crippen LogP contribution < -0.4 is 5.73 Å². The monoisotopic (exact) mass is 186 g/mol. The largest absolute Gasteiger partial charge is 0.382 e. The number of quaternary nitrogens is 1. The molecule has 0 aliphatic heterocycles. The van der Waals surface area contributed by atoms with Crippen LogP contribution in [0.4, 0.5) is 0 Å². The van der Waals surface area contributed by atoms with Gasteiger partial charge in [0, 0.05) is 5.02 Å². The van der Waals surface area contributed by atoms with E-state index in [9.17, 15) is 5.11 Å². The molecule has 1 aromatic carbocycles. The van der Waals surface area contributed by atoms with Crippen molar-refractivity contribution in [2.75, 3.05) is 0 Å². The minimum Gasteiger partial charge on any atom is -0.382 e. The van der Waals surface area contributed by atoms with E-state index in [1.54, 1.807) is 12.1 Å². The molecule has 0 radical (unpaired) electrons. The van der Waals surface area contributed by atoms with Gasteiger partial charge in [0.25, 0.3) is 0 Å². The fraction of sp³-hybridized carbons (Fsp3) is 0.333. The number of aliphatic hydroxyl groups is 1. The molecule has 66 valence electrons. The quantitative estimate of drug-likeness (QED) is 0.712. The second kappa shape index (κ2) is 3.90. The third kappa shape index (κ3) is 2.21. The summed E-state index contributed by atoms with van der Waals surface area (Å²) in [5.74, 6) is 0. The van der Waals surface area contributed by atoms with Crippen molar-refractivity contribution in [2.24, 2.45) is 0 Å². The zero-order valence-electron chi connectivity index (χ0n) is 7.00. The molecule has 0 heterocycles. The Labute approximate surface area is 77.0 Å². The van der Waals surface area contributed by atoms with Gasteiger partial charge >= 0.3 is 0 Å². The lowest BCUT2D eigenvalue weighted by atomic mass is 10.0. The summed E-state index contributed by atoms with van der Waals surface area (Å²) in [5.41, 5.74) is 4.62. The van der Waals surface area contributed by atoms with Crippen LogP contribution in [-0.4, -0.2) is 11.1 Å². The lowest BCUT2D eigenvalue weighted by Crippen LogP contribution is -2.61. The molecule has 1 rings (SSSR count). The van der Waals surface area contributed by atoms with Crippen LogP contribution >= 0.6 is 11.6 Å². The predicted octanol–water partition coefficient (Wildman–Crippen LogP) is 1.00. The first-order valence-corrected chi connectivity index (χ1v) is 4.25. The van der Waals surface area contributed by atoms with Gasteiger partial charge in [-0.2, -0.15) is 0 Å². The molecule has 0 unspecified atom stereocenters. The first-order valence-electron chi connectivity index (χ1n) is 3.88. The maximum Gasteiger partial charge on any atom is 0.130 e. The van der Waals surface area contributed by atoms with E-state index >= 15 is 0 Å². The van der Waals surface area contributed by atoms with Gasteiger partial charge in [-0.1, -0.05) is 23.7 Å². The van der Waals surface area contributed by atoms with E-state index in [1.165, 1.54) is 0 Å². The van der Waals surface area contributed by atoms with E-state index in [-0.39, 0.29) is 6.04 Å². The van der Waals surface area contributed by atoms with Gasteiger partial charge in [-0.3, -0.25) is 0 Å². The maximum atomic E-state index is 9.58. The van der Waals surface area contributed by atoms with Gasteiger partial charge in [-0.05, 0) is 24.6 Å². The average molecular weight is 187 g/mol. The van der Waals surface area contributed by atoms with Crippen LogP contribution in [-0.2, 0) is 0 Å². The number of benzene rings is 1. The molecule has 1 aromatic rings. The zero-order chi connectivity index (χ0) is 9.14. The molecule has 0 saturated heterocycles. The van der Waals surface area contributed by atoms with Crippen molar-refractivity contribution in [1.82, 2.24) is 0 Å². The molecule has 0 bridgehead atoms. The summed E-state index contributed by atoms with van der Waals surface area (Å²) in [6, 6.07) is 7.15. The number of aliphatic hydroxyl groups excluding tert-OH is 1. The minimum atomic E-state index is -0.498. The number of hydrogen-bond donors (Lipinski definition) is 2. The lowest BCUT2D eigenvalue weighted by Gasteiger charge is -2.11. The van der Waals surface area contributed by atoms with Crippen molar-refractivity contribution in [3.63, 3.8) is 0 Å². The smallest absolute Gasteiger partial charge is 0.130 e. The Morgan fingerprint density at radius 3 is 2.25 bits per heavy atom. The number of hydrogen-bond acceptors (Lipinski definition) is 1.